The maximum Gasteiger partial charge on any atom is 0.472 e. The Balaban J connectivity index is 5.20. The van der Waals surface area contributed by atoms with E-state index in [1.165, 1.54) is 231 Å². The Hall–Kier alpha value is -1.94. The van der Waals surface area contributed by atoms with Gasteiger partial charge in [-0.05, 0) is 43.4 Å². The lowest BCUT2D eigenvalue weighted by molar-refractivity contribution is -0.161. The molecule has 17 nitrogen and oxygen atoms in total. The molecule has 0 amide bonds. The van der Waals surface area contributed by atoms with Gasteiger partial charge in [-0.3, -0.25) is 37.3 Å². The van der Waals surface area contributed by atoms with E-state index < -0.39 is 97.5 Å². The van der Waals surface area contributed by atoms with Crippen LogP contribution in [0.4, 0.5) is 0 Å². The van der Waals surface area contributed by atoms with Gasteiger partial charge in [0.2, 0.25) is 0 Å². The molecule has 0 fully saturated rings. The van der Waals surface area contributed by atoms with E-state index in [1.54, 1.807) is 0 Å². The number of hydrogen-bond donors (Lipinski definition) is 3. The van der Waals surface area contributed by atoms with Crippen molar-refractivity contribution in [3.8, 4) is 0 Å². The van der Waals surface area contributed by atoms with Crippen molar-refractivity contribution in [2.45, 2.75) is 446 Å². The van der Waals surface area contributed by atoms with Crippen LogP contribution in [0.5, 0.6) is 0 Å². The summed E-state index contributed by atoms with van der Waals surface area (Å²) >= 11 is 0. The van der Waals surface area contributed by atoms with Crippen LogP contribution in [0.1, 0.15) is 427 Å². The molecule has 0 aliphatic carbocycles. The normalized spacial score (nSPS) is 14.2. The highest BCUT2D eigenvalue weighted by Crippen LogP contribution is 2.45. The van der Waals surface area contributed by atoms with E-state index >= 15 is 0 Å². The smallest absolute Gasteiger partial charge is 0.462 e. The Labute approximate surface area is 619 Å². The van der Waals surface area contributed by atoms with Gasteiger partial charge in [-0.15, -0.1) is 0 Å². The van der Waals surface area contributed by atoms with Crippen molar-refractivity contribution in [2.75, 3.05) is 39.6 Å². The van der Waals surface area contributed by atoms with Crippen molar-refractivity contribution < 1.29 is 80.2 Å². The number of hydrogen-bond acceptors (Lipinski definition) is 15. The molecule has 0 spiro atoms. The molecule has 0 radical (unpaired) electrons. The maximum atomic E-state index is 13.1. The number of phosphoric acid groups is 2. The molecule has 0 aromatic carbocycles. The summed E-state index contributed by atoms with van der Waals surface area (Å²) < 4.78 is 68.7. The largest absolute Gasteiger partial charge is 0.472 e. The van der Waals surface area contributed by atoms with E-state index in [2.05, 4.69) is 48.5 Å². The SMILES string of the molecule is CCCCCCCCCCCCCCCCCCCCCCCCC(=O)O[C@H](COC(=O)CCCCCCCCCCCCCCCCCC(C)C)COP(=O)(O)OC[C@@H](O)COP(=O)(O)OC[C@@H](COC(=O)CCCCCCCCC(C)CC)OC(=O)CCCCCCCCCCC(C)C. The molecule has 6 atom stereocenters. The van der Waals surface area contributed by atoms with Gasteiger partial charge in [0.1, 0.15) is 19.3 Å². The maximum absolute atomic E-state index is 13.1. The van der Waals surface area contributed by atoms with Gasteiger partial charge in [0.05, 0.1) is 26.4 Å². The molecule has 0 heterocycles. The van der Waals surface area contributed by atoms with Crippen molar-refractivity contribution in [2.24, 2.45) is 17.8 Å². The average Bonchev–Trinajstić information content (AvgIpc) is 0.971. The van der Waals surface area contributed by atoms with Crippen LogP contribution >= 0.6 is 15.6 Å². The molecule has 0 rings (SSSR count). The minimum atomic E-state index is -4.96. The lowest BCUT2D eigenvalue weighted by Crippen LogP contribution is -2.30. The molecular weight excluding hydrogens is 1320 g/mol. The second kappa shape index (κ2) is 72.3. The second-order valence-electron chi connectivity index (χ2n) is 30.7. The summed E-state index contributed by atoms with van der Waals surface area (Å²) in [6.45, 7) is 11.9. The number of esters is 4. The fraction of sp³-hybridized carbons (Fsp3) is 0.951. The number of aliphatic hydroxyl groups excluding tert-OH is 1. The first-order valence-electron chi connectivity index (χ1n) is 42.4. The Kier molecular flexibility index (Phi) is 70.9. The lowest BCUT2D eigenvalue weighted by atomic mass is 10.00. The standard InChI is InChI=1S/C82H160O17P2/c1-8-10-11-12-13-14-15-16-17-18-19-20-21-22-23-26-30-33-36-42-51-58-65-81(86)98-77(69-92-79(84)63-56-49-41-35-32-29-27-24-25-28-31-34-39-46-53-60-73(3)4)71-96-100(88,89)94-67-76(83)68-95-101(90,91)97-72-78(70-93-80(85)64-57-50-45-44-48-55-62-75(7)9-2)99-82(87)66-59-52-43-38-37-40-47-54-61-74(5)6/h73-78,83H,8-72H2,1-7H3,(H,88,89)(H,90,91)/t75?,76-,77-,78-/m1/s1. The highest BCUT2D eigenvalue weighted by molar-refractivity contribution is 7.47. The average molecular weight is 1480 g/mol. The van der Waals surface area contributed by atoms with Crippen LogP contribution in [0.25, 0.3) is 0 Å². The molecule has 0 saturated heterocycles. The second-order valence-corrected chi connectivity index (χ2v) is 33.6. The minimum absolute atomic E-state index is 0.104. The number of ether oxygens (including phenoxy) is 4. The van der Waals surface area contributed by atoms with Gasteiger partial charge in [-0.25, -0.2) is 9.13 Å². The van der Waals surface area contributed by atoms with E-state index in [0.717, 1.165) is 114 Å². The summed E-state index contributed by atoms with van der Waals surface area (Å²) in [6.07, 6.45) is 61.4. The van der Waals surface area contributed by atoms with Crippen LogP contribution in [-0.4, -0.2) is 96.7 Å². The van der Waals surface area contributed by atoms with E-state index in [-0.39, 0.29) is 25.7 Å². The van der Waals surface area contributed by atoms with Crippen molar-refractivity contribution in [3.63, 3.8) is 0 Å². The van der Waals surface area contributed by atoms with Crippen LogP contribution in [-0.2, 0) is 65.4 Å². The van der Waals surface area contributed by atoms with Crippen molar-refractivity contribution in [3.05, 3.63) is 0 Å². The summed E-state index contributed by atoms with van der Waals surface area (Å²) in [5.74, 6) is 0.140. The van der Waals surface area contributed by atoms with Gasteiger partial charge >= 0.3 is 39.5 Å². The quantitative estimate of drug-likeness (QED) is 0.0222. The third kappa shape index (κ3) is 74.7. The van der Waals surface area contributed by atoms with Crippen LogP contribution in [0.2, 0.25) is 0 Å². The van der Waals surface area contributed by atoms with Crippen LogP contribution in [0.3, 0.4) is 0 Å². The van der Waals surface area contributed by atoms with Gasteiger partial charge in [0.25, 0.3) is 0 Å². The van der Waals surface area contributed by atoms with Gasteiger partial charge < -0.3 is 33.8 Å². The first-order valence-corrected chi connectivity index (χ1v) is 45.4. The predicted octanol–water partition coefficient (Wildman–Crippen LogP) is 24.5. The Morgan fingerprint density at radius 1 is 0.287 bits per heavy atom. The predicted molar refractivity (Wildman–Crippen MR) is 414 cm³/mol. The Morgan fingerprint density at radius 3 is 0.752 bits per heavy atom. The molecule has 0 saturated carbocycles. The molecule has 0 bridgehead atoms. The fourth-order valence-corrected chi connectivity index (χ4v) is 14.2. The monoisotopic (exact) mass is 1480 g/mol. The van der Waals surface area contributed by atoms with Crippen molar-refractivity contribution in [1.29, 1.82) is 0 Å². The van der Waals surface area contributed by atoms with Crippen LogP contribution in [0, 0.1) is 17.8 Å². The number of carbonyl (C=O) groups is 4. The number of unbranched alkanes of at least 4 members (excludes halogenated alkanes) is 47. The zero-order valence-electron chi connectivity index (χ0n) is 66.4. The topological polar surface area (TPSA) is 237 Å². The molecule has 0 aliphatic heterocycles. The molecule has 600 valence electrons. The Morgan fingerprint density at radius 2 is 0.505 bits per heavy atom. The van der Waals surface area contributed by atoms with E-state index in [4.69, 9.17) is 37.0 Å². The first-order chi connectivity index (χ1) is 48.8. The third-order valence-electron chi connectivity index (χ3n) is 19.5. The van der Waals surface area contributed by atoms with Gasteiger partial charge in [0.15, 0.2) is 12.2 Å². The third-order valence-corrected chi connectivity index (χ3v) is 21.4. The number of carbonyl (C=O) groups excluding carboxylic acids is 4. The lowest BCUT2D eigenvalue weighted by Gasteiger charge is -2.21. The highest BCUT2D eigenvalue weighted by Gasteiger charge is 2.30. The summed E-state index contributed by atoms with van der Waals surface area (Å²) in [6, 6.07) is 0. The van der Waals surface area contributed by atoms with E-state index in [0.29, 0.717) is 25.7 Å². The van der Waals surface area contributed by atoms with Gasteiger partial charge in [-0.1, -0.05) is 376 Å². The molecule has 3 N–H and O–H groups in total. The summed E-state index contributed by atoms with van der Waals surface area (Å²) in [4.78, 5) is 73.0. The van der Waals surface area contributed by atoms with E-state index in [1.807, 2.05) is 0 Å². The zero-order valence-corrected chi connectivity index (χ0v) is 68.2. The molecule has 0 aromatic rings. The molecule has 0 aliphatic rings. The molecular formula is C82H160O17P2. The summed E-state index contributed by atoms with van der Waals surface area (Å²) in [7, 11) is -9.92. The molecule has 0 aromatic heterocycles. The van der Waals surface area contributed by atoms with Crippen molar-refractivity contribution in [1.82, 2.24) is 0 Å². The fourth-order valence-electron chi connectivity index (χ4n) is 12.6. The Bertz CT molecular complexity index is 1960. The van der Waals surface area contributed by atoms with Crippen molar-refractivity contribution >= 4 is 39.5 Å². The molecule has 19 heteroatoms. The molecule has 3 unspecified atom stereocenters. The highest BCUT2D eigenvalue weighted by atomic mass is 31.2. The zero-order chi connectivity index (χ0) is 74.4. The molecule has 101 heavy (non-hydrogen) atoms. The summed E-state index contributed by atoms with van der Waals surface area (Å²) in [5.41, 5.74) is 0. The minimum Gasteiger partial charge on any atom is -0.462 e. The van der Waals surface area contributed by atoms with Crippen LogP contribution in [0.15, 0.2) is 0 Å². The number of aliphatic hydroxyl groups is 1. The van der Waals surface area contributed by atoms with Gasteiger partial charge in [-0.2, -0.15) is 0 Å². The first kappa shape index (κ1) is 99.1. The summed E-state index contributed by atoms with van der Waals surface area (Å²) in [5, 5.41) is 10.6. The number of rotatable bonds is 80. The van der Waals surface area contributed by atoms with E-state index in [9.17, 15) is 43.2 Å². The number of phosphoric ester groups is 2. The van der Waals surface area contributed by atoms with Crippen LogP contribution < -0.4 is 0 Å². The van der Waals surface area contributed by atoms with Gasteiger partial charge in [0, 0.05) is 25.7 Å².